The number of nitrogens with zero attached hydrogens (tertiary/aromatic N) is 1. The molecule has 8 heteroatoms. The van der Waals surface area contributed by atoms with Gasteiger partial charge in [-0.1, -0.05) is 44.9 Å². The van der Waals surface area contributed by atoms with E-state index in [1.165, 1.54) is 38.2 Å². The predicted molar refractivity (Wildman–Crippen MR) is 104 cm³/mol. The maximum absolute atomic E-state index is 15.3. The van der Waals surface area contributed by atoms with Gasteiger partial charge in [-0.25, -0.2) is 13.4 Å². The van der Waals surface area contributed by atoms with Gasteiger partial charge in [0.2, 0.25) is 0 Å². The molecule has 2 aliphatic carbocycles. The number of anilines is 1. The first-order valence-electron chi connectivity index (χ1n) is 10.2. The zero-order chi connectivity index (χ0) is 19.9. The van der Waals surface area contributed by atoms with Crippen molar-refractivity contribution in [2.45, 2.75) is 64.2 Å². The number of fused-ring (bicyclic) bond motifs is 1. The summed E-state index contributed by atoms with van der Waals surface area (Å²) in [5.74, 6) is -0.662. The summed E-state index contributed by atoms with van der Waals surface area (Å²) in [6, 6.07) is 1.46. The molecule has 3 aliphatic rings. The van der Waals surface area contributed by atoms with Gasteiger partial charge in [0.25, 0.3) is 5.91 Å². The molecule has 1 heterocycles. The van der Waals surface area contributed by atoms with Crippen LogP contribution in [0.25, 0.3) is 0 Å². The lowest BCUT2D eigenvalue weighted by Gasteiger charge is -2.28. The smallest absolute Gasteiger partial charge is 0.326 e. The zero-order valence-electron chi connectivity index (χ0n) is 15.9. The van der Waals surface area contributed by atoms with Crippen LogP contribution in [0.1, 0.15) is 62.5 Å². The third-order valence-corrected chi connectivity index (χ3v) is 7.88. The van der Waals surface area contributed by atoms with Crippen LogP contribution in [0.15, 0.2) is 6.07 Å². The highest BCUT2D eigenvalue weighted by Crippen LogP contribution is 2.41. The monoisotopic (exact) mass is 410 g/mol. The second-order valence-electron chi connectivity index (χ2n) is 8.42. The first-order chi connectivity index (χ1) is 13.3. The van der Waals surface area contributed by atoms with Crippen LogP contribution >= 0.6 is 0 Å². The lowest BCUT2D eigenvalue weighted by atomic mass is 9.80. The summed E-state index contributed by atoms with van der Waals surface area (Å²) in [7, 11) is -4.16. The number of carbonyl (C=O) groups excluding carboxylic acids is 1. The number of nitrogens with one attached hydrogen (secondary N) is 1. The summed E-state index contributed by atoms with van der Waals surface area (Å²) in [6.07, 6.45) is 11.0. The molecule has 1 saturated heterocycles. The molecule has 0 bridgehead atoms. The molecule has 0 spiro atoms. The second kappa shape index (κ2) is 7.54. The Labute approximate surface area is 165 Å². The summed E-state index contributed by atoms with van der Waals surface area (Å²) >= 11 is 0. The molecular weight excluding hydrogens is 383 g/mol. The van der Waals surface area contributed by atoms with Crippen molar-refractivity contribution >= 4 is 21.8 Å². The molecule has 4 rings (SSSR count). The molecular formula is C20H27FN2O4S. The Morgan fingerprint density at radius 2 is 1.89 bits per heavy atom. The molecule has 1 saturated carbocycles. The van der Waals surface area contributed by atoms with Gasteiger partial charge in [0.05, 0.1) is 0 Å². The molecule has 28 heavy (non-hydrogen) atoms. The number of aromatic hydroxyl groups is 1. The predicted octanol–water partition coefficient (Wildman–Crippen LogP) is 3.18. The average Bonchev–Trinajstić information content (AvgIpc) is 3.23. The minimum Gasteiger partial charge on any atom is -0.506 e. The highest BCUT2D eigenvalue weighted by molar-refractivity contribution is 7.92. The summed E-state index contributed by atoms with van der Waals surface area (Å²) in [5, 5.41) is 10.3. The fourth-order valence-electron chi connectivity index (χ4n) is 5.03. The number of phenols is 1. The lowest BCUT2D eigenvalue weighted by molar-refractivity contribution is -0.117. The van der Waals surface area contributed by atoms with E-state index in [4.69, 9.17) is 0 Å². The number of aryl methyl sites for hydroxylation is 1. The molecule has 2 N–H and O–H groups in total. The van der Waals surface area contributed by atoms with Crippen molar-refractivity contribution in [3.63, 3.8) is 0 Å². The first kappa shape index (κ1) is 19.5. The standard InChI is InChI=1S/C20H27FN2O4S/c21-19-16-10-14(7-3-6-13-4-1-2-5-13)8-9-15(16)11-17(24)20(19)23-12-18(25)22-28(23,26)27/h11,13-14,24H,1-10,12H2,(H,22,25)/t14-/m1/s1. The molecule has 0 radical (unpaired) electrons. The van der Waals surface area contributed by atoms with E-state index in [1.807, 2.05) is 4.72 Å². The normalized spacial score (nSPS) is 24.4. The molecule has 1 aromatic rings. The average molecular weight is 411 g/mol. The molecule has 1 atom stereocenters. The molecule has 6 nitrogen and oxygen atoms in total. The van der Waals surface area contributed by atoms with Gasteiger partial charge in [0.1, 0.15) is 18.0 Å². The van der Waals surface area contributed by atoms with Gasteiger partial charge in [-0.05, 0) is 48.3 Å². The van der Waals surface area contributed by atoms with Crippen molar-refractivity contribution in [1.82, 2.24) is 4.72 Å². The fraction of sp³-hybridized carbons (Fsp3) is 0.650. The third kappa shape index (κ3) is 3.71. The van der Waals surface area contributed by atoms with Gasteiger partial charge in [-0.3, -0.25) is 4.79 Å². The van der Waals surface area contributed by atoms with Crippen LogP contribution in [-0.4, -0.2) is 26.0 Å². The molecule has 1 amide bonds. The van der Waals surface area contributed by atoms with Gasteiger partial charge in [0, 0.05) is 0 Å². The van der Waals surface area contributed by atoms with Crippen LogP contribution in [0, 0.1) is 17.7 Å². The summed E-state index contributed by atoms with van der Waals surface area (Å²) in [4.78, 5) is 11.5. The highest BCUT2D eigenvalue weighted by atomic mass is 32.2. The molecule has 0 aromatic heterocycles. The maximum atomic E-state index is 15.3. The number of phenolic OH excluding ortho intramolecular Hbond substituents is 1. The molecule has 1 aromatic carbocycles. The Morgan fingerprint density at radius 3 is 2.57 bits per heavy atom. The van der Waals surface area contributed by atoms with E-state index in [2.05, 4.69) is 0 Å². The maximum Gasteiger partial charge on any atom is 0.326 e. The zero-order valence-corrected chi connectivity index (χ0v) is 16.7. The number of amides is 1. The number of hydrogen-bond donors (Lipinski definition) is 2. The van der Waals surface area contributed by atoms with Gasteiger partial charge in [-0.15, -0.1) is 0 Å². The summed E-state index contributed by atoms with van der Waals surface area (Å²) in [6.45, 7) is -0.517. The van der Waals surface area contributed by atoms with Crippen LogP contribution in [0.2, 0.25) is 0 Å². The number of rotatable bonds is 5. The SMILES string of the molecule is O=C1CN(c2c(O)cc3c(c2F)C[C@H](CCCC2CCCC2)CC3)S(=O)(=O)N1. The van der Waals surface area contributed by atoms with E-state index in [1.54, 1.807) is 0 Å². The number of benzene rings is 1. The Bertz CT molecular complexity index is 881. The van der Waals surface area contributed by atoms with Crippen LogP contribution in [0.4, 0.5) is 10.1 Å². The van der Waals surface area contributed by atoms with Crippen molar-refractivity contribution in [2.75, 3.05) is 10.8 Å². The number of carbonyl (C=O) groups is 1. The van der Waals surface area contributed by atoms with E-state index in [0.717, 1.165) is 30.7 Å². The van der Waals surface area contributed by atoms with Crippen LogP contribution < -0.4 is 9.03 Å². The summed E-state index contributed by atoms with van der Waals surface area (Å²) in [5.41, 5.74) is 0.810. The van der Waals surface area contributed by atoms with Gasteiger partial charge >= 0.3 is 10.2 Å². The van der Waals surface area contributed by atoms with E-state index in [0.29, 0.717) is 28.6 Å². The number of hydrogen-bond acceptors (Lipinski definition) is 4. The Kier molecular flexibility index (Phi) is 5.24. The van der Waals surface area contributed by atoms with E-state index < -0.39 is 39.9 Å². The Hall–Kier alpha value is -1.83. The fourth-order valence-corrected chi connectivity index (χ4v) is 6.20. The van der Waals surface area contributed by atoms with Gasteiger partial charge in [0.15, 0.2) is 5.82 Å². The van der Waals surface area contributed by atoms with Gasteiger partial charge < -0.3 is 5.11 Å². The summed E-state index contributed by atoms with van der Waals surface area (Å²) < 4.78 is 41.9. The Balaban J connectivity index is 1.51. The number of halogens is 1. The van der Waals surface area contributed by atoms with Crippen molar-refractivity contribution < 1.29 is 22.7 Å². The molecule has 2 fully saturated rings. The van der Waals surface area contributed by atoms with Crippen molar-refractivity contribution in [3.8, 4) is 5.75 Å². The van der Waals surface area contributed by atoms with Gasteiger partial charge in [-0.2, -0.15) is 8.42 Å². The molecule has 1 aliphatic heterocycles. The quantitative estimate of drug-likeness (QED) is 0.781. The van der Waals surface area contributed by atoms with E-state index >= 15 is 4.39 Å². The van der Waals surface area contributed by atoms with Crippen LogP contribution in [0.5, 0.6) is 5.75 Å². The molecule has 154 valence electrons. The second-order valence-corrected chi connectivity index (χ2v) is 10.0. The topological polar surface area (TPSA) is 86.7 Å². The first-order valence-corrected chi connectivity index (χ1v) is 11.7. The van der Waals surface area contributed by atoms with E-state index in [9.17, 15) is 18.3 Å². The van der Waals surface area contributed by atoms with Crippen LogP contribution in [-0.2, 0) is 27.8 Å². The highest BCUT2D eigenvalue weighted by Gasteiger charge is 2.39. The van der Waals surface area contributed by atoms with Crippen molar-refractivity contribution in [1.29, 1.82) is 0 Å². The lowest BCUT2D eigenvalue weighted by Crippen LogP contribution is -2.31. The molecule has 0 unspecified atom stereocenters. The minimum atomic E-state index is -4.16. The largest absolute Gasteiger partial charge is 0.506 e. The van der Waals surface area contributed by atoms with Crippen LogP contribution in [0.3, 0.4) is 0 Å². The third-order valence-electron chi connectivity index (χ3n) is 6.50. The van der Waals surface area contributed by atoms with Crippen molar-refractivity contribution in [2.24, 2.45) is 11.8 Å². The van der Waals surface area contributed by atoms with Crippen molar-refractivity contribution in [3.05, 3.63) is 23.0 Å². The van der Waals surface area contributed by atoms with E-state index in [-0.39, 0.29) is 0 Å². The Morgan fingerprint density at radius 1 is 1.18 bits per heavy atom. The minimum absolute atomic E-state index is 0.371.